The first-order valence-electron chi connectivity index (χ1n) is 6.37. The number of para-hydroxylation sites is 1. The number of carbonyl (C=O) groups excluding carboxylic acids is 1. The van der Waals surface area contributed by atoms with E-state index in [0.29, 0.717) is 19.9 Å². The quantitative estimate of drug-likeness (QED) is 0.552. The van der Waals surface area contributed by atoms with Crippen LogP contribution < -0.4 is 10.6 Å². The van der Waals surface area contributed by atoms with Crippen LogP contribution in [0, 0.1) is 11.6 Å². The Morgan fingerprint density at radius 1 is 1.17 bits per heavy atom. The van der Waals surface area contributed by atoms with Crippen molar-refractivity contribution in [2.24, 2.45) is 0 Å². The molecule has 2 aromatic heterocycles. The Labute approximate surface area is 153 Å². The largest absolute Gasteiger partial charge is 0.325 e. The third-order valence-corrected chi connectivity index (χ3v) is 5.10. The van der Waals surface area contributed by atoms with E-state index >= 15 is 0 Å². The van der Waals surface area contributed by atoms with Gasteiger partial charge in [-0.15, -0.1) is 22.7 Å². The fraction of sp³-hybridized carbons (Fsp3) is 0. The predicted octanol–water partition coefficient (Wildman–Crippen LogP) is 6.10. The second kappa shape index (κ2) is 7.02. The van der Waals surface area contributed by atoms with Gasteiger partial charge in [0.05, 0.1) is 10.0 Å². The molecule has 0 fully saturated rings. The lowest BCUT2D eigenvalue weighted by molar-refractivity contribution is 0.262. The van der Waals surface area contributed by atoms with Crippen molar-refractivity contribution < 1.29 is 13.6 Å². The van der Waals surface area contributed by atoms with E-state index in [-0.39, 0.29) is 5.13 Å². The van der Waals surface area contributed by atoms with Crippen LogP contribution in [-0.4, -0.2) is 11.0 Å². The van der Waals surface area contributed by atoms with Crippen molar-refractivity contribution in [1.82, 2.24) is 4.98 Å². The Morgan fingerprint density at radius 3 is 2.50 bits per heavy atom. The van der Waals surface area contributed by atoms with E-state index in [0.717, 1.165) is 23.5 Å². The van der Waals surface area contributed by atoms with E-state index in [2.05, 4.69) is 15.6 Å². The Balaban J connectivity index is 1.73. The number of carbonyl (C=O) groups is 1. The molecule has 4 nitrogen and oxygen atoms in total. The van der Waals surface area contributed by atoms with Crippen molar-refractivity contribution in [2.75, 3.05) is 10.6 Å². The van der Waals surface area contributed by atoms with Gasteiger partial charge < -0.3 is 5.32 Å². The second-order valence-electron chi connectivity index (χ2n) is 4.45. The molecule has 2 amide bonds. The normalized spacial score (nSPS) is 10.7. The molecule has 2 N–H and O–H groups in total. The standard InChI is InChI=1S/C14H7Cl2F2N3OS2/c15-10-4-6(12(16)24-10)9-5-23-14(19-9)21-13(22)20-11-7(17)2-1-3-8(11)18/h1-5H,(H2,19,20,21,22). The molecule has 0 aliphatic rings. The van der Waals surface area contributed by atoms with Crippen molar-refractivity contribution in [3.8, 4) is 11.3 Å². The highest BCUT2D eigenvalue weighted by Crippen LogP contribution is 2.39. The summed E-state index contributed by atoms with van der Waals surface area (Å²) < 4.78 is 28.0. The lowest BCUT2D eigenvalue weighted by Crippen LogP contribution is -2.20. The number of benzene rings is 1. The average molecular weight is 406 g/mol. The summed E-state index contributed by atoms with van der Waals surface area (Å²) in [6.45, 7) is 0. The van der Waals surface area contributed by atoms with Crippen LogP contribution in [0.3, 0.4) is 0 Å². The van der Waals surface area contributed by atoms with Crippen molar-refractivity contribution >= 4 is 62.7 Å². The van der Waals surface area contributed by atoms with Crippen molar-refractivity contribution in [2.45, 2.75) is 0 Å². The fourth-order valence-corrected chi connectivity index (χ4v) is 4.02. The summed E-state index contributed by atoms with van der Waals surface area (Å²) in [4.78, 5) is 16.1. The number of urea groups is 1. The lowest BCUT2D eigenvalue weighted by Gasteiger charge is -2.07. The molecule has 0 saturated heterocycles. The molecule has 10 heteroatoms. The highest BCUT2D eigenvalue weighted by Gasteiger charge is 2.15. The third kappa shape index (κ3) is 3.67. The lowest BCUT2D eigenvalue weighted by atomic mass is 10.3. The van der Waals surface area contributed by atoms with E-state index in [4.69, 9.17) is 23.2 Å². The van der Waals surface area contributed by atoms with Crippen LogP contribution in [0.4, 0.5) is 24.4 Å². The van der Waals surface area contributed by atoms with Gasteiger partial charge in [0, 0.05) is 10.9 Å². The number of halogens is 4. The van der Waals surface area contributed by atoms with Crippen LogP contribution in [0.1, 0.15) is 0 Å². The van der Waals surface area contributed by atoms with Gasteiger partial charge in [-0.3, -0.25) is 5.32 Å². The molecule has 0 atom stereocenters. The van der Waals surface area contributed by atoms with Crippen LogP contribution >= 0.6 is 45.9 Å². The summed E-state index contributed by atoms with van der Waals surface area (Å²) in [5.74, 6) is -1.74. The van der Waals surface area contributed by atoms with E-state index in [1.165, 1.54) is 17.4 Å². The van der Waals surface area contributed by atoms with Gasteiger partial charge in [-0.05, 0) is 18.2 Å². The number of hydrogen-bond donors (Lipinski definition) is 2. The zero-order chi connectivity index (χ0) is 17.3. The monoisotopic (exact) mass is 405 g/mol. The molecular formula is C14H7Cl2F2N3OS2. The van der Waals surface area contributed by atoms with Gasteiger partial charge >= 0.3 is 6.03 Å². The number of hydrogen-bond acceptors (Lipinski definition) is 4. The van der Waals surface area contributed by atoms with Gasteiger partial charge in [0.15, 0.2) is 5.13 Å². The number of amides is 2. The Morgan fingerprint density at radius 2 is 1.88 bits per heavy atom. The van der Waals surface area contributed by atoms with Gasteiger partial charge in [-0.1, -0.05) is 29.3 Å². The molecule has 0 aliphatic carbocycles. The van der Waals surface area contributed by atoms with Gasteiger partial charge in [0.25, 0.3) is 0 Å². The first kappa shape index (κ1) is 17.1. The third-order valence-electron chi connectivity index (χ3n) is 2.86. The topological polar surface area (TPSA) is 54.0 Å². The second-order valence-corrected chi connectivity index (χ2v) is 7.60. The van der Waals surface area contributed by atoms with E-state index in [1.807, 2.05) is 0 Å². The molecule has 0 unspecified atom stereocenters. The van der Waals surface area contributed by atoms with Crippen LogP contribution in [0.2, 0.25) is 8.67 Å². The molecule has 24 heavy (non-hydrogen) atoms. The minimum absolute atomic E-state index is 0.248. The van der Waals surface area contributed by atoms with Crippen LogP contribution in [0.15, 0.2) is 29.6 Å². The number of aromatic nitrogens is 1. The molecule has 0 aliphatic heterocycles. The molecule has 0 radical (unpaired) electrons. The predicted molar refractivity (Wildman–Crippen MR) is 94.4 cm³/mol. The van der Waals surface area contributed by atoms with Crippen LogP contribution in [0.25, 0.3) is 11.3 Å². The molecule has 0 bridgehead atoms. The van der Waals surface area contributed by atoms with Crippen LogP contribution in [0.5, 0.6) is 0 Å². The van der Waals surface area contributed by atoms with E-state index in [9.17, 15) is 13.6 Å². The minimum Gasteiger partial charge on any atom is -0.302 e. The van der Waals surface area contributed by atoms with Gasteiger partial charge in [0.1, 0.15) is 21.7 Å². The first-order chi connectivity index (χ1) is 11.4. The van der Waals surface area contributed by atoms with Gasteiger partial charge in [0.2, 0.25) is 0 Å². The zero-order valence-electron chi connectivity index (χ0n) is 11.6. The first-order valence-corrected chi connectivity index (χ1v) is 8.82. The summed E-state index contributed by atoms with van der Waals surface area (Å²) >= 11 is 14.3. The Kier molecular flexibility index (Phi) is 5.00. The highest BCUT2D eigenvalue weighted by molar-refractivity contribution is 7.20. The number of thiophene rings is 1. The summed E-state index contributed by atoms with van der Waals surface area (Å²) in [5, 5.41) is 6.46. The molecule has 0 saturated carbocycles. The number of nitrogens with one attached hydrogen (secondary N) is 2. The molecule has 2 heterocycles. The minimum atomic E-state index is -0.871. The molecule has 3 rings (SSSR count). The maximum absolute atomic E-state index is 13.5. The van der Waals surface area contributed by atoms with E-state index in [1.54, 1.807) is 11.4 Å². The molecular weight excluding hydrogens is 399 g/mol. The van der Waals surface area contributed by atoms with Gasteiger partial charge in [-0.2, -0.15) is 0 Å². The van der Waals surface area contributed by atoms with Gasteiger partial charge in [-0.25, -0.2) is 18.6 Å². The Bertz CT molecular complexity index is 893. The number of thiazole rings is 1. The summed E-state index contributed by atoms with van der Waals surface area (Å²) in [5.41, 5.74) is 0.663. The molecule has 3 aromatic rings. The SMILES string of the molecule is O=C(Nc1nc(-c2cc(Cl)sc2Cl)cs1)Nc1c(F)cccc1F. The summed E-state index contributed by atoms with van der Waals surface area (Å²) in [6, 6.07) is 4.15. The summed E-state index contributed by atoms with van der Waals surface area (Å²) in [7, 11) is 0. The highest BCUT2D eigenvalue weighted by atomic mass is 35.5. The van der Waals surface area contributed by atoms with Crippen molar-refractivity contribution in [3.63, 3.8) is 0 Å². The van der Waals surface area contributed by atoms with Crippen LogP contribution in [-0.2, 0) is 0 Å². The van der Waals surface area contributed by atoms with Crippen molar-refractivity contribution in [1.29, 1.82) is 0 Å². The average Bonchev–Trinajstić information content (AvgIpc) is 3.09. The molecule has 0 spiro atoms. The molecule has 1 aromatic carbocycles. The maximum Gasteiger partial charge on any atom is 0.325 e. The number of nitrogens with zero attached hydrogens (tertiary/aromatic N) is 1. The van der Waals surface area contributed by atoms with Crippen molar-refractivity contribution in [3.05, 3.63) is 50.0 Å². The Hall–Kier alpha value is -1.74. The summed E-state index contributed by atoms with van der Waals surface area (Å²) in [6.07, 6.45) is 0. The fourth-order valence-electron chi connectivity index (χ4n) is 1.83. The number of rotatable bonds is 3. The zero-order valence-corrected chi connectivity index (χ0v) is 14.7. The van der Waals surface area contributed by atoms with E-state index < -0.39 is 23.4 Å². The smallest absolute Gasteiger partial charge is 0.302 e. The maximum atomic E-state index is 13.5. The number of anilines is 2. The molecule has 124 valence electrons.